The molecule has 144 valence electrons. The molecule has 0 unspecified atom stereocenters. The van der Waals surface area contributed by atoms with Crippen LogP contribution in [0.3, 0.4) is 0 Å². The van der Waals surface area contributed by atoms with Gasteiger partial charge in [0.05, 0.1) is 24.6 Å². The number of urea groups is 1. The normalized spacial score (nSPS) is 18.8. The third-order valence-corrected chi connectivity index (χ3v) is 4.98. The number of piperazine rings is 1. The van der Waals surface area contributed by atoms with Crippen LogP contribution in [0.15, 0.2) is 24.3 Å². The number of carbonyl (C=O) groups excluding carboxylic acids is 1. The SMILES string of the molecule is COCCCN1CCN(C(=O)Nc2ccccc2N2CCOCC2)CC1. The Bertz CT molecular complexity index is 570. The summed E-state index contributed by atoms with van der Waals surface area (Å²) in [6.45, 7) is 8.35. The average molecular weight is 362 g/mol. The maximum absolute atomic E-state index is 12.7. The molecule has 0 spiro atoms. The molecule has 0 radical (unpaired) electrons. The molecule has 2 amide bonds. The molecule has 0 atom stereocenters. The molecule has 0 saturated carbocycles. The first kappa shape index (κ1) is 18.9. The lowest BCUT2D eigenvalue weighted by Gasteiger charge is -2.35. The van der Waals surface area contributed by atoms with Crippen molar-refractivity contribution in [3.63, 3.8) is 0 Å². The lowest BCUT2D eigenvalue weighted by Crippen LogP contribution is -2.50. The molecule has 0 bridgehead atoms. The Morgan fingerprint density at radius 2 is 1.85 bits per heavy atom. The van der Waals surface area contributed by atoms with E-state index in [-0.39, 0.29) is 6.03 Å². The zero-order chi connectivity index (χ0) is 18.2. The third-order valence-electron chi connectivity index (χ3n) is 4.98. The number of benzene rings is 1. The van der Waals surface area contributed by atoms with Crippen LogP contribution in [0.5, 0.6) is 0 Å². The fourth-order valence-corrected chi connectivity index (χ4v) is 3.46. The van der Waals surface area contributed by atoms with E-state index in [1.165, 1.54) is 0 Å². The highest BCUT2D eigenvalue weighted by Gasteiger charge is 2.22. The minimum atomic E-state index is -0.0118. The number of amides is 2. The molecule has 2 heterocycles. The van der Waals surface area contributed by atoms with Crippen molar-refractivity contribution < 1.29 is 14.3 Å². The third kappa shape index (κ3) is 5.09. The topological polar surface area (TPSA) is 57.3 Å². The van der Waals surface area contributed by atoms with E-state index in [4.69, 9.17) is 9.47 Å². The lowest BCUT2D eigenvalue weighted by molar-refractivity contribution is 0.122. The van der Waals surface area contributed by atoms with Gasteiger partial charge in [-0.05, 0) is 18.6 Å². The summed E-state index contributed by atoms with van der Waals surface area (Å²) >= 11 is 0. The number of anilines is 2. The Morgan fingerprint density at radius 3 is 2.58 bits per heavy atom. The van der Waals surface area contributed by atoms with Crippen LogP contribution in [-0.4, -0.2) is 88.6 Å². The summed E-state index contributed by atoms with van der Waals surface area (Å²) in [6.07, 6.45) is 1.04. The van der Waals surface area contributed by atoms with Crippen LogP contribution in [-0.2, 0) is 9.47 Å². The maximum Gasteiger partial charge on any atom is 0.321 e. The second-order valence-corrected chi connectivity index (χ2v) is 6.72. The van der Waals surface area contributed by atoms with Gasteiger partial charge in [0.15, 0.2) is 0 Å². The molecule has 2 fully saturated rings. The average Bonchev–Trinajstić information content (AvgIpc) is 2.70. The number of ether oxygens (including phenoxy) is 2. The molecule has 26 heavy (non-hydrogen) atoms. The van der Waals surface area contributed by atoms with Crippen LogP contribution in [0, 0.1) is 0 Å². The number of rotatable bonds is 6. The minimum Gasteiger partial charge on any atom is -0.385 e. The molecular weight excluding hydrogens is 332 g/mol. The van der Waals surface area contributed by atoms with Gasteiger partial charge in [-0.2, -0.15) is 0 Å². The molecule has 7 nitrogen and oxygen atoms in total. The first-order valence-corrected chi connectivity index (χ1v) is 9.47. The van der Waals surface area contributed by atoms with Crippen LogP contribution < -0.4 is 10.2 Å². The van der Waals surface area contributed by atoms with Crippen LogP contribution >= 0.6 is 0 Å². The summed E-state index contributed by atoms with van der Waals surface area (Å²) in [5.74, 6) is 0. The Morgan fingerprint density at radius 1 is 1.12 bits per heavy atom. The van der Waals surface area contributed by atoms with Crippen molar-refractivity contribution >= 4 is 17.4 Å². The van der Waals surface area contributed by atoms with E-state index in [1.807, 2.05) is 23.1 Å². The van der Waals surface area contributed by atoms with Gasteiger partial charge in [0.25, 0.3) is 0 Å². The van der Waals surface area contributed by atoms with Crippen molar-refractivity contribution in [3.05, 3.63) is 24.3 Å². The Balaban J connectivity index is 1.52. The second-order valence-electron chi connectivity index (χ2n) is 6.72. The summed E-state index contributed by atoms with van der Waals surface area (Å²) in [7, 11) is 1.73. The predicted octanol–water partition coefficient (Wildman–Crippen LogP) is 1.71. The van der Waals surface area contributed by atoms with Gasteiger partial charge in [-0.1, -0.05) is 12.1 Å². The van der Waals surface area contributed by atoms with E-state index in [9.17, 15) is 4.79 Å². The van der Waals surface area contributed by atoms with E-state index < -0.39 is 0 Å². The minimum absolute atomic E-state index is 0.0118. The lowest BCUT2D eigenvalue weighted by atomic mass is 10.2. The first-order chi connectivity index (χ1) is 12.8. The maximum atomic E-state index is 12.7. The van der Waals surface area contributed by atoms with Gasteiger partial charge < -0.3 is 24.6 Å². The number of nitrogens with zero attached hydrogens (tertiary/aromatic N) is 3. The number of methoxy groups -OCH3 is 1. The quantitative estimate of drug-likeness (QED) is 0.781. The predicted molar refractivity (Wildman–Crippen MR) is 103 cm³/mol. The van der Waals surface area contributed by atoms with E-state index in [0.717, 1.165) is 83.4 Å². The fourth-order valence-electron chi connectivity index (χ4n) is 3.46. The molecular formula is C19H30N4O3. The molecule has 0 aliphatic carbocycles. The van der Waals surface area contributed by atoms with Crippen molar-refractivity contribution in [2.24, 2.45) is 0 Å². The van der Waals surface area contributed by atoms with Gasteiger partial charge in [0.2, 0.25) is 0 Å². The number of morpholine rings is 1. The van der Waals surface area contributed by atoms with Crippen LogP contribution in [0.4, 0.5) is 16.2 Å². The molecule has 2 saturated heterocycles. The summed E-state index contributed by atoms with van der Waals surface area (Å²) in [4.78, 5) is 19.3. The van der Waals surface area contributed by atoms with Crippen molar-refractivity contribution in [1.29, 1.82) is 0 Å². The van der Waals surface area contributed by atoms with Gasteiger partial charge >= 0.3 is 6.03 Å². The summed E-state index contributed by atoms with van der Waals surface area (Å²) in [5, 5.41) is 3.11. The van der Waals surface area contributed by atoms with Crippen LogP contribution in [0.2, 0.25) is 0 Å². The Hall–Kier alpha value is -1.83. The van der Waals surface area contributed by atoms with Crippen LogP contribution in [0.25, 0.3) is 0 Å². The summed E-state index contributed by atoms with van der Waals surface area (Å²) in [6, 6.07) is 8.01. The van der Waals surface area contributed by atoms with Crippen molar-refractivity contribution in [1.82, 2.24) is 9.80 Å². The molecule has 7 heteroatoms. The molecule has 3 rings (SSSR count). The van der Waals surface area contributed by atoms with Gasteiger partial charge in [0, 0.05) is 59.5 Å². The van der Waals surface area contributed by atoms with Gasteiger partial charge in [-0.25, -0.2) is 4.79 Å². The summed E-state index contributed by atoms with van der Waals surface area (Å²) < 4.78 is 10.5. The Kier molecular flexibility index (Phi) is 7.11. The van der Waals surface area contributed by atoms with E-state index in [0.29, 0.717) is 0 Å². The zero-order valence-corrected chi connectivity index (χ0v) is 15.7. The van der Waals surface area contributed by atoms with Crippen molar-refractivity contribution in [3.8, 4) is 0 Å². The molecule has 2 aliphatic heterocycles. The van der Waals surface area contributed by atoms with E-state index in [1.54, 1.807) is 7.11 Å². The van der Waals surface area contributed by atoms with E-state index >= 15 is 0 Å². The zero-order valence-electron chi connectivity index (χ0n) is 15.7. The van der Waals surface area contributed by atoms with Gasteiger partial charge in [-0.15, -0.1) is 0 Å². The van der Waals surface area contributed by atoms with Crippen LogP contribution in [0.1, 0.15) is 6.42 Å². The second kappa shape index (κ2) is 9.75. The summed E-state index contributed by atoms with van der Waals surface area (Å²) in [5.41, 5.74) is 1.95. The number of nitrogens with one attached hydrogen (secondary N) is 1. The molecule has 1 aromatic carbocycles. The monoisotopic (exact) mass is 362 g/mol. The van der Waals surface area contributed by atoms with Crippen molar-refractivity contribution in [2.75, 3.05) is 83.0 Å². The van der Waals surface area contributed by atoms with Gasteiger partial charge in [-0.3, -0.25) is 4.90 Å². The number of hydrogen-bond acceptors (Lipinski definition) is 5. The largest absolute Gasteiger partial charge is 0.385 e. The highest BCUT2D eigenvalue weighted by Crippen LogP contribution is 2.26. The van der Waals surface area contributed by atoms with E-state index in [2.05, 4.69) is 21.2 Å². The van der Waals surface area contributed by atoms with Crippen molar-refractivity contribution in [2.45, 2.75) is 6.42 Å². The fraction of sp³-hybridized carbons (Fsp3) is 0.632. The number of carbonyl (C=O) groups is 1. The highest BCUT2D eigenvalue weighted by molar-refractivity contribution is 5.93. The number of hydrogen-bond donors (Lipinski definition) is 1. The molecule has 1 aromatic rings. The highest BCUT2D eigenvalue weighted by atomic mass is 16.5. The molecule has 0 aromatic heterocycles. The smallest absolute Gasteiger partial charge is 0.321 e. The van der Waals surface area contributed by atoms with Gasteiger partial charge in [0.1, 0.15) is 0 Å². The molecule has 1 N–H and O–H groups in total. The Labute approximate surface area is 155 Å². The first-order valence-electron chi connectivity index (χ1n) is 9.47. The standard InChI is InChI=1S/C19H30N4O3/c1-25-14-4-7-21-8-10-23(11-9-21)19(24)20-17-5-2-3-6-18(17)22-12-15-26-16-13-22/h2-3,5-6H,4,7-16H2,1H3,(H,20,24). The number of para-hydroxylation sites is 2. The molecule has 2 aliphatic rings.